The van der Waals surface area contributed by atoms with E-state index in [1.165, 1.54) is 7.11 Å². The van der Waals surface area contributed by atoms with Crippen LogP contribution in [0.3, 0.4) is 0 Å². The van der Waals surface area contributed by atoms with Crippen molar-refractivity contribution >= 4 is 17.8 Å². The first-order valence-corrected chi connectivity index (χ1v) is 9.48. The van der Waals surface area contributed by atoms with Crippen LogP contribution in [0.1, 0.15) is 37.4 Å². The zero-order valence-electron chi connectivity index (χ0n) is 16.7. The number of aryl methyl sites for hydroxylation is 1. The second-order valence-corrected chi connectivity index (χ2v) is 6.99. The van der Waals surface area contributed by atoms with E-state index in [1.54, 1.807) is 36.4 Å². The molecule has 1 aliphatic rings. The molecule has 3 aromatic carbocycles. The number of allylic oxidation sites excluding steroid dienone is 1. The number of Topliss-reactive ketones (excluding diaryl/α,β-unsaturated/α-hetero) is 1. The van der Waals surface area contributed by atoms with E-state index < -0.39 is 0 Å². The maximum atomic E-state index is 12.6. The fourth-order valence-electron chi connectivity index (χ4n) is 3.19. The highest BCUT2D eigenvalue weighted by Gasteiger charge is 2.27. The van der Waals surface area contributed by atoms with Crippen molar-refractivity contribution in [1.29, 1.82) is 0 Å². The van der Waals surface area contributed by atoms with Crippen LogP contribution in [0.15, 0.2) is 72.5 Å². The van der Waals surface area contributed by atoms with Crippen molar-refractivity contribution in [3.8, 4) is 11.5 Å². The van der Waals surface area contributed by atoms with Gasteiger partial charge in [-0.25, -0.2) is 4.79 Å². The number of carbonyl (C=O) groups excluding carboxylic acids is 2. The van der Waals surface area contributed by atoms with E-state index in [4.69, 9.17) is 14.2 Å². The molecular weight excluding hydrogens is 380 g/mol. The van der Waals surface area contributed by atoms with Crippen LogP contribution in [-0.4, -0.2) is 18.9 Å². The zero-order chi connectivity index (χ0) is 21.1. The average Bonchev–Trinajstić information content (AvgIpc) is 3.06. The summed E-state index contributed by atoms with van der Waals surface area (Å²) in [6.45, 7) is 2.32. The molecule has 1 heterocycles. The van der Waals surface area contributed by atoms with Crippen LogP contribution in [0.2, 0.25) is 0 Å². The van der Waals surface area contributed by atoms with Gasteiger partial charge in [0.25, 0.3) is 0 Å². The summed E-state index contributed by atoms with van der Waals surface area (Å²) in [4.78, 5) is 24.1. The van der Waals surface area contributed by atoms with Crippen LogP contribution in [-0.2, 0) is 11.3 Å². The molecule has 4 rings (SSSR count). The highest BCUT2D eigenvalue weighted by atomic mass is 16.5. The Bertz CT molecular complexity index is 1140. The highest BCUT2D eigenvalue weighted by molar-refractivity contribution is 6.14. The Morgan fingerprint density at radius 1 is 1.03 bits per heavy atom. The molecule has 0 fully saturated rings. The molecular formula is C25H20O5. The molecule has 0 aromatic heterocycles. The van der Waals surface area contributed by atoms with Crippen LogP contribution in [0.4, 0.5) is 0 Å². The van der Waals surface area contributed by atoms with Crippen molar-refractivity contribution < 1.29 is 23.8 Å². The summed E-state index contributed by atoms with van der Waals surface area (Å²) < 4.78 is 16.3. The summed E-state index contributed by atoms with van der Waals surface area (Å²) >= 11 is 0. The minimum Gasteiger partial charge on any atom is -0.489 e. The lowest BCUT2D eigenvalue weighted by molar-refractivity contribution is 0.0600. The van der Waals surface area contributed by atoms with Crippen LogP contribution >= 0.6 is 0 Å². The molecule has 5 nitrogen and oxygen atoms in total. The fourth-order valence-corrected chi connectivity index (χ4v) is 3.19. The predicted molar refractivity (Wildman–Crippen MR) is 113 cm³/mol. The van der Waals surface area contributed by atoms with Crippen LogP contribution in [0, 0.1) is 6.92 Å². The lowest BCUT2D eigenvalue weighted by Gasteiger charge is -2.08. The van der Waals surface area contributed by atoms with E-state index >= 15 is 0 Å². The molecule has 5 heteroatoms. The van der Waals surface area contributed by atoms with Crippen molar-refractivity contribution in [2.45, 2.75) is 13.5 Å². The first kappa shape index (κ1) is 19.5. The van der Waals surface area contributed by atoms with Gasteiger partial charge in [-0.05, 0) is 48.4 Å². The third kappa shape index (κ3) is 4.10. The predicted octanol–water partition coefficient (Wildman–Crippen LogP) is 4.98. The van der Waals surface area contributed by atoms with Gasteiger partial charge in [-0.3, -0.25) is 4.79 Å². The summed E-state index contributed by atoms with van der Waals surface area (Å²) in [5.41, 5.74) is 3.93. The lowest BCUT2D eigenvalue weighted by Crippen LogP contribution is -2.02. The Balaban J connectivity index is 1.46. The molecule has 0 saturated carbocycles. The second kappa shape index (κ2) is 8.25. The maximum Gasteiger partial charge on any atom is 0.337 e. The van der Waals surface area contributed by atoms with Gasteiger partial charge in [-0.15, -0.1) is 0 Å². The Morgan fingerprint density at radius 3 is 2.57 bits per heavy atom. The molecule has 150 valence electrons. The van der Waals surface area contributed by atoms with Gasteiger partial charge < -0.3 is 14.2 Å². The monoisotopic (exact) mass is 400 g/mol. The molecule has 0 unspecified atom stereocenters. The molecule has 0 radical (unpaired) electrons. The van der Waals surface area contributed by atoms with Crippen molar-refractivity contribution in [3.05, 3.63) is 100 Å². The Kier molecular flexibility index (Phi) is 5.35. The topological polar surface area (TPSA) is 61.8 Å². The standard InChI is InChI=1S/C25H20O5/c1-16-4-3-5-18(12-16)13-23-24(26)21-11-10-20(14-22(21)30-23)29-15-17-6-8-19(9-7-17)25(27)28-2/h3-14H,15H2,1-2H3/b23-13-. The third-order valence-corrected chi connectivity index (χ3v) is 4.76. The number of benzene rings is 3. The van der Waals surface area contributed by atoms with Gasteiger partial charge in [0.1, 0.15) is 18.1 Å². The summed E-state index contributed by atoms with van der Waals surface area (Å²) in [7, 11) is 1.35. The van der Waals surface area contributed by atoms with Gasteiger partial charge in [0.05, 0.1) is 18.2 Å². The normalized spacial score (nSPS) is 13.7. The van der Waals surface area contributed by atoms with Gasteiger partial charge in [-0.1, -0.05) is 42.0 Å². The number of hydrogen-bond donors (Lipinski definition) is 0. The number of fused-ring (bicyclic) bond motifs is 1. The molecule has 0 amide bonds. The minimum absolute atomic E-state index is 0.142. The number of hydrogen-bond acceptors (Lipinski definition) is 5. The molecule has 0 spiro atoms. The minimum atomic E-state index is -0.377. The van der Waals surface area contributed by atoms with Crippen molar-refractivity contribution in [2.75, 3.05) is 7.11 Å². The summed E-state index contributed by atoms with van der Waals surface area (Å²) in [6, 6.07) is 20.0. The van der Waals surface area contributed by atoms with E-state index in [-0.39, 0.29) is 11.8 Å². The van der Waals surface area contributed by atoms with E-state index in [0.29, 0.717) is 35.0 Å². The van der Waals surface area contributed by atoms with Crippen molar-refractivity contribution in [2.24, 2.45) is 0 Å². The molecule has 3 aromatic rings. The van der Waals surface area contributed by atoms with Crippen molar-refractivity contribution in [1.82, 2.24) is 0 Å². The summed E-state index contributed by atoms with van der Waals surface area (Å²) in [5, 5.41) is 0. The Hall–Kier alpha value is -3.86. The first-order valence-electron chi connectivity index (χ1n) is 9.48. The van der Waals surface area contributed by atoms with Gasteiger partial charge in [0.15, 0.2) is 5.76 Å². The number of ketones is 1. The smallest absolute Gasteiger partial charge is 0.337 e. The molecule has 0 atom stereocenters. The van der Waals surface area contributed by atoms with Gasteiger partial charge in [0, 0.05) is 6.07 Å². The Morgan fingerprint density at radius 2 is 1.83 bits per heavy atom. The van der Waals surface area contributed by atoms with E-state index in [1.807, 2.05) is 43.3 Å². The second-order valence-electron chi connectivity index (χ2n) is 6.99. The molecule has 30 heavy (non-hydrogen) atoms. The zero-order valence-corrected chi connectivity index (χ0v) is 16.7. The Labute approximate surface area is 174 Å². The van der Waals surface area contributed by atoms with Crippen molar-refractivity contribution in [3.63, 3.8) is 0 Å². The number of rotatable bonds is 5. The number of carbonyl (C=O) groups is 2. The average molecular weight is 400 g/mol. The quantitative estimate of drug-likeness (QED) is 0.447. The molecule has 0 aliphatic carbocycles. The van der Waals surface area contributed by atoms with Crippen LogP contribution in [0.5, 0.6) is 11.5 Å². The molecule has 0 N–H and O–H groups in total. The van der Waals surface area contributed by atoms with Crippen LogP contribution < -0.4 is 9.47 Å². The largest absolute Gasteiger partial charge is 0.489 e. The number of ether oxygens (including phenoxy) is 3. The van der Waals surface area contributed by atoms with Crippen LogP contribution in [0.25, 0.3) is 6.08 Å². The third-order valence-electron chi connectivity index (χ3n) is 4.76. The van der Waals surface area contributed by atoms with E-state index in [0.717, 1.165) is 16.7 Å². The summed E-state index contributed by atoms with van der Waals surface area (Å²) in [6.07, 6.45) is 1.75. The summed E-state index contributed by atoms with van der Waals surface area (Å²) in [5.74, 6) is 0.855. The molecule has 0 bridgehead atoms. The molecule has 1 aliphatic heterocycles. The van der Waals surface area contributed by atoms with E-state index in [9.17, 15) is 9.59 Å². The van der Waals surface area contributed by atoms with Gasteiger partial charge in [-0.2, -0.15) is 0 Å². The van der Waals surface area contributed by atoms with Gasteiger partial charge in [0.2, 0.25) is 5.78 Å². The molecule has 0 saturated heterocycles. The fraction of sp³-hybridized carbons (Fsp3) is 0.120. The first-order chi connectivity index (χ1) is 14.5. The number of esters is 1. The maximum absolute atomic E-state index is 12.6. The van der Waals surface area contributed by atoms with Gasteiger partial charge >= 0.3 is 5.97 Å². The highest BCUT2D eigenvalue weighted by Crippen LogP contribution is 2.35. The lowest BCUT2D eigenvalue weighted by atomic mass is 10.1. The number of methoxy groups -OCH3 is 1. The SMILES string of the molecule is COC(=O)c1ccc(COc2ccc3c(c2)O/C(=C\c2cccc(C)c2)C3=O)cc1. The van der Waals surface area contributed by atoms with E-state index in [2.05, 4.69) is 0 Å².